The van der Waals surface area contributed by atoms with Gasteiger partial charge in [0.05, 0.1) is 6.04 Å². The van der Waals surface area contributed by atoms with Crippen molar-refractivity contribution < 1.29 is 4.79 Å². The van der Waals surface area contributed by atoms with E-state index in [0.29, 0.717) is 6.54 Å². The topological polar surface area (TPSA) is 55.1 Å². The van der Waals surface area contributed by atoms with Crippen molar-refractivity contribution in [3.8, 4) is 0 Å². The largest absolute Gasteiger partial charge is 0.351 e. The van der Waals surface area contributed by atoms with Crippen molar-refractivity contribution in [2.45, 2.75) is 52.1 Å². The molecule has 0 aliphatic carbocycles. The molecule has 100 valence electrons. The number of carbonyl (C=O) groups is 1. The second-order valence-corrected chi connectivity index (χ2v) is 5.44. The molecule has 0 aromatic heterocycles. The van der Waals surface area contributed by atoms with Crippen LogP contribution in [0, 0.1) is 0 Å². The molecular weight excluding hydrogens is 224 g/mol. The molecule has 0 aliphatic rings. The van der Waals surface area contributed by atoms with Crippen molar-refractivity contribution in [3.05, 3.63) is 35.4 Å². The quantitative estimate of drug-likeness (QED) is 0.840. The van der Waals surface area contributed by atoms with E-state index in [1.165, 1.54) is 5.56 Å². The van der Waals surface area contributed by atoms with Gasteiger partial charge in [-0.05, 0) is 29.9 Å². The lowest BCUT2D eigenvalue weighted by molar-refractivity contribution is -0.122. The molecule has 1 amide bonds. The van der Waals surface area contributed by atoms with Crippen LogP contribution in [-0.4, -0.2) is 11.9 Å². The minimum Gasteiger partial charge on any atom is -0.351 e. The molecule has 0 unspecified atom stereocenters. The number of rotatable bonds is 5. The molecule has 3 nitrogen and oxygen atoms in total. The summed E-state index contributed by atoms with van der Waals surface area (Å²) in [6, 6.07) is 7.94. The van der Waals surface area contributed by atoms with Crippen molar-refractivity contribution in [1.82, 2.24) is 5.32 Å². The molecule has 0 saturated carbocycles. The predicted octanol–water partition coefficient (Wildman–Crippen LogP) is 2.34. The fourth-order valence-electron chi connectivity index (χ4n) is 1.63. The van der Waals surface area contributed by atoms with Crippen LogP contribution in [0.4, 0.5) is 0 Å². The average Bonchev–Trinajstić information content (AvgIpc) is 2.36. The zero-order chi connectivity index (χ0) is 13.8. The van der Waals surface area contributed by atoms with Crippen molar-refractivity contribution in [1.29, 1.82) is 0 Å². The first-order valence-corrected chi connectivity index (χ1v) is 6.49. The minimum absolute atomic E-state index is 0.118. The third-order valence-electron chi connectivity index (χ3n) is 3.50. The number of amides is 1. The number of nitrogens with one attached hydrogen (secondary N) is 1. The van der Waals surface area contributed by atoms with Gasteiger partial charge >= 0.3 is 0 Å². The van der Waals surface area contributed by atoms with Gasteiger partial charge in [0.2, 0.25) is 5.91 Å². The summed E-state index contributed by atoms with van der Waals surface area (Å²) in [5.74, 6) is -0.118. The van der Waals surface area contributed by atoms with E-state index < -0.39 is 6.04 Å². The minimum atomic E-state index is -0.455. The van der Waals surface area contributed by atoms with Crippen molar-refractivity contribution in [3.63, 3.8) is 0 Å². The van der Waals surface area contributed by atoms with Crippen LogP contribution >= 0.6 is 0 Å². The van der Waals surface area contributed by atoms with Gasteiger partial charge in [0.1, 0.15) is 0 Å². The van der Waals surface area contributed by atoms with Gasteiger partial charge < -0.3 is 11.1 Å². The second kappa shape index (κ2) is 6.01. The molecular formula is C15H24N2O. The van der Waals surface area contributed by atoms with Gasteiger partial charge in [0.15, 0.2) is 0 Å². The monoisotopic (exact) mass is 248 g/mol. The number of hydrogen-bond acceptors (Lipinski definition) is 2. The standard InChI is InChI=1S/C15H24N2O/c1-5-15(3,4)13-8-6-12(7-9-13)10-17-14(18)11(2)16/h6-9,11H,5,10,16H2,1-4H3,(H,17,18)/t11-/m1/s1. The van der Waals surface area contributed by atoms with Crippen LogP contribution < -0.4 is 11.1 Å². The van der Waals surface area contributed by atoms with E-state index in [-0.39, 0.29) is 11.3 Å². The maximum atomic E-state index is 11.4. The lowest BCUT2D eigenvalue weighted by Gasteiger charge is -2.23. The lowest BCUT2D eigenvalue weighted by atomic mass is 9.82. The van der Waals surface area contributed by atoms with Crippen molar-refractivity contribution in [2.75, 3.05) is 0 Å². The second-order valence-electron chi connectivity index (χ2n) is 5.44. The van der Waals surface area contributed by atoms with E-state index in [2.05, 4.69) is 50.4 Å². The summed E-state index contributed by atoms with van der Waals surface area (Å²) in [7, 11) is 0. The molecule has 0 radical (unpaired) electrons. The summed E-state index contributed by atoms with van der Waals surface area (Å²) in [4.78, 5) is 11.4. The molecule has 0 spiro atoms. The summed E-state index contributed by atoms with van der Waals surface area (Å²) < 4.78 is 0. The molecule has 0 bridgehead atoms. The highest BCUT2D eigenvalue weighted by Gasteiger charge is 2.17. The molecule has 0 fully saturated rings. The predicted molar refractivity (Wildman–Crippen MR) is 75.3 cm³/mol. The van der Waals surface area contributed by atoms with Gasteiger partial charge in [0, 0.05) is 6.54 Å². The highest BCUT2D eigenvalue weighted by atomic mass is 16.2. The Labute approximate surface area is 110 Å². The average molecular weight is 248 g/mol. The molecule has 0 aliphatic heterocycles. The molecule has 1 aromatic rings. The first kappa shape index (κ1) is 14.7. The summed E-state index contributed by atoms with van der Waals surface area (Å²) in [5.41, 5.74) is 8.11. The summed E-state index contributed by atoms with van der Waals surface area (Å²) in [6.07, 6.45) is 1.10. The van der Waals surface area contributed by atoms with E-state index in [0.717, 1.165) is 12.0 Å². The number of hydrogen-bond donors (Lipinski definition) is 2. The first-order chi connectivity index (χ1) is 8.36. The molecule has 1 rings (SSSR count). The van der Waals surface area contributed by atoms with Crippen molar-refractivity contribution in [2.24, 2.45) is 5.73 Å². The van der Waals surface area contributed by atoms with Crippen LogP contribution in [0.5, 0.6) is 0 Å². The Hall–Kier alpha value is -1.35. The number of benzene rings is 1. The normalized spacial score (nSPS) is 13.2. The SMILES string of the molecule is CCC(C)(C)c1ccc(CNC(=O)[C@@H](C)N)cc1. The molecule has 1 aromatic carbocycles. The Morgan fingerprint density at radius 3 is 2.33 bits per heavy atom. The Morgan fingerprint density at radius 2 is 1.89 bits per heavy atom. The van der Waals surface area contributed by atoms with Crippen LogP contribution in [0.3, 0.4) is 0 Å². The van der Waals surface area contributed by atoms with E-state index in [1.54, 1.807) is 6.92 Å². The summed E-state index contributed by atoms with van der Waals surface area (Å²) in [6.45, 7) is 8.88. The van der Waals surface area contributed by atoms with Gasteiger partial charge in [-0.3, -0.25) is 4.79 Å². The zero-order valence-corrected chi connectivity index (χ0v) is 11.8. The zero-order valence-electron chi connectivity index (χ0n) is 11.8. The van der Waals surface area contributed by atoms with E-state index in [4.69, 9.17) is 5.73 Å². The van der Waals surface area contributed by atoms with Gasteiger partial charge in [-0.25, -0.2) is 0 Å². The number of nitrogens with two attached hydrogens (primary N) is 1. The first-order valence-electron chi connectivity index (χ1n) is 6.49. The Morgan fingerprint density at radius 1 is 1.33 bits per heavy atom. The molecule has 0 saturated heterocycles. The van der Waals surface area contributed by atoms with E-state index in [9.17, 15) is 4.79 Å². The van der Waals surface area contributed by atoms with Gasteiger partial charge in [-0.1, -0.05) is 45.0 Å². The summed E-state index contributed by atoms with van der Waals surface area (Å²) in [5, 5.41) is 2.81. The van der Waals surface area contributed by atoms with Crippen LogP contribution in [-0.2, 0) is 16.8 Å². The summed E-state index contributed by atoms with van der Waals surface area (Å²) >= 11 is 0. The molecule has 0 heterocycles. The maximum Gasteiger partial charge on any atom is 0.236 e. The maximum absolute atomic E-state index is 11.4. The third kappa shape index (κ3) is 3.84. The van der Waals surface area contributed by atoms with Crippen LogP contribution in [0.25, 0.3) is 0 Å². The van der Waals surface area contributed by atoms with E-state index in [1.807, 2.05) is 0 Å². The molecule has 1 atom stereocenters. The highest BCUT2D eigenvalue weighted by molar-refractivity contribution is 5.80. The Balaban J connectivity index is 2.64. The molecule has 3 N–H and O–H groups in total. The fraction of sp³-hybridized carbons (Fsp3) is 0.533. The number of carbonyl (C=O) groups excluding carboxylic acids is 1. The van der Waals surface area contributed by atoms with Gasteiger partial charge in [-0.2, -0.15) is 0 Å². The smallest absolute Gasteiger partial charge is 0.236 e. The Kier molecular flexibility index (Phi) is 4.91. The van der Waals surface area contributed by atoms with E-state index >= 15 is 0 Å². The van der Waals surface area contributed by atoms with Crippen molar-refractivity contribution >= 4 is 5.91 Å². The van der Waals surface area contributed by atoms with Crippen LogP contribution in [0.2, 0.25) is 0 Å². The highest BCUT2D eigenvalue weighted by Crippen LogP contribution is 2.26. The van der Waals surface area contributed by atoms with Gasteiger partial charge in [-0.15, -0.1) is 0 Å². The molecule has 3 heteroatoms. The van der Waals surface area contributed by atoms with Gasteiger partial charge in [0.25, 0.3) is 0 Å². The van der Waals surface area contributed by atoms with Crippen LogP contribution in [0.1, 0.15) is 45.2 Å². The lowest BCUT2D eigenvalue weighted by Crippen LogP contribution is -2.37. The molecule has 18 heavy (non-hydrogen) atoms. The fourth-order valence-corrected chi connectivity index (χ4v) is 1.63. The third-order valence-corrected chi connectivity index (χ3v) is 3.50. The van der Waals surface area contributed by atoms with Crippen LogP contribution in [0.15, 0.2) is 24.3 Å². The Bertz CT molecular complexity index is 393.